The van der Waals surface area contributed by atoms with Crippen molar-refractivity contribution >= 4 is 42.6 Å². The van der Waals surface area contributed by atoms with Gasteiger partial charge >= 0.3 is 0 Å². The zero-order valence-electron chi connectivity index (χ0n) is 24.3. The van der Waals surface area contributed by atoms with Crippen LogP contribution in [0.1, 0.15) is 34.8 Å². The Kier molecular flexibility index (Phi) is 9.06. The number of rotatable bonds is 10. The third-order valence-corrected chi connectivity index (χ3v) is 10.8. The summed E-state index contributed by atoms with van der Waals surface area (Å²) >= 11 is 1.45. The fraction of sp³-hybridized carbons (Fsp3) is 0.375. The molecule has 3 heterocycles. The summed E-state index contributed by atoms with van der Waals surface area (Å²) < 4.78 is 40.7. The van der Waals surface area contributed by atoms with E-state index in [9.17, 15) is 13.2 Å². The molecule has 1 amide bonds. The van der Waals surface area contributed by atoms with Crippen LogP contribution in [0.15, 0.2) is 71.6 Å². The summed E-state index contributed by atoms with van der Waals surface area (Å²) in [6.45, 7) is 7.76. The molecule has 4 aromatic rings. The first-order valence-corrected chi connectivity index (χ1v) is 17.0. The smallest absolute Gasteiger partial charge is 0.260 e. The standard InChI is InChI=1S/C32H36N4O5S2/c1-2-41-28-9-5-10-29-30(28)33-32(42-29)36(17-6-16-34-19-21-40-22-20-34)31(37)25-11-13-27(14-12-25)43(38,39)35-18-15-24-7-3-4-8-26(24)23-35/h3-5,7-14H,2,6,15-23H2,1H3. The normalized spacial score (nSPS) is 16.2. The van der Waals surface area contributed by atoms with Gasteiger partial charge in [-0.3, -0.25) is 14.6 Å². The lowest BCUT2D eigenvalue weighted by atomic mass is 10.0. The lowest BCUT2D eigenvalue weighted by Crippen LogP contribution is -2.39. The van der Waals surface area contributed by atoms with Gasteiger partial charge in [0.1, 0.15) is 11.3 Å². The van der Waals surface area contributed by atoms with E-state index in [2.05, 4.69) is 11.0 Å². The highest BCUT2D eigenvalue weighted by molar-refractivity contribution is 7.89. The zero-order valence-corrected chi connectivity index (χ0v) is 25.9. The number of para-hydroxylation sites is 1. The number of fused-ring (bicyclic) bond motifs is 2. The molecular weight excluding hydrogens is 585 g/mol. The second kappa shape index (κ2) is 13.1. The largest absolute Gasteiger partial charge is 0.492 e. The summed E-state index contributed by atoms with van der Waals surface area (Å²) in [5.41, 5.74) is 3.37. The number of aromatic nitrogens is 1. The Balaban J connectivity index is 1.24. The van der Waals surface area contributed by atoms with Crippen LogP contribution in [0.5, 0.6) is 5.75 Å². The van der Waals surface area contributed by atoms with Gasteiger partial charge in [0.2, 0.25) is 10.0 Å². The van der Waals surface area contributed by atoms with E-state index < -0.39 is 10.0 Å². The third kappa shape index (κ3) is 6.46. The predicted molar refractivity (Wildman–Crippen MR) is 169 cm³/mol. The van der Waals surface area contributed by atoms with E-state index in [0.29, 0.717) is 49.1 Å². The van der Waals surface area contributed by atoms with Crippen LogP contribution in [-0.2, 0) is 27.7 Å². The molecule has 11 heteroatoms. The first-order valence-electron chi connectivity index (χ1n) is 14.8. The number of hydrogen-bond acceptors (Lipinski definition) is 8. The van der Waals surface area contributed by atoms with Crippen LogP contribution < -0.4 is 9.64 Å². The molecule has 2 aliphatic rings. The fourth-order valence-corrected chi connectivity index (χ4v) is 8.04. The summed E-state index contributed by atoms with van der Waals surface area (Å²) in [6, 6.07) is 20.1. The molecule has 6 rings (SSSR count). The summed E-state index contributed by atoms with van der Waals surface area (Å²) in [6.07, 6.45) is 1.45. The van der Waals surface area contributed by atoms with Crippen molar-refractivity contribution in [3.8, 4) is 5.75 Å². The van der Waals surface area contributed by atoms with E-state index in [1.54, 1.807) is 29.2 Å². The maximum absolute atomic E-state index is 14.0. The number of hydrogen-bond donors (Lipinski definition) is 0. The van der Waals surface area contributed by atoms with Crippen molar-refractivity contribution in [1.82, 2.24) is 14.2 Å². The Labute approximate surface area is 256 Å². The van der Waals surface area contributed by atoms with Crippen molar-refractivity contribution in [2.75, 3.05) is 57.4 Å². The van der Waals surface area contributed by atoms with E-state index in [4.69, 9.17) is 14.5 Å². The van der Waals surface area contributed by atoms with Gasteiger partial charge in [-0.15, -0.1) is 0 Å². The van der Waals surface area contributed by atoms with Crippen LogP contribution in [0.25, 0.3) is 10.2 Å². The molecule has 0 aliphatic carbocycles. The molecule has 9 nitrogen and oxygen atoms in total. The molecule has 0 atom stereocenters. The molecule has 1 fully saturated rings. The molecule has 1 aromatic heterocycles. The minimum Gasteiger partial charge on any atom is -0.492 e. The maximum Gasteiger partial charge on any atom is 0.260 e. The van der Waals surface area contributed by atoms with Crippen molar-refractivity contribution in [3.05, 3.63) is 83.4 Å². The van der Waals surface area contributed by atoms with Crippen molar-refractivity contribution in [1.29, 1.82) is 0 Å². The molecule has 0 bridgehead atoms. The van der Waals surface area contributed by atoms with E-state index in [1.807, 2.05) is 43.3 Å². The number of thiazole rings is 1. The summed E-state index contributed by atoms with van der Waals surface area (Å²) in [4.78, 5) is 23.1. The molecular formula is C32H36N4O5S2. The Hall–Kier alpha value is -3.35. The topological polar surface area (TPSA) is 92.3 Å². The zero-order chi connectivity index (χ0) is 29.8. The lowest BCUT2D eigenvalue weighted by molar-refractivity contribution is 0.0376. The van der Waals surface area contributed by atoms with Gasteiger partial charge in [0.15, 0.2) is 5.13 Å². The third-order valence-electron chi connectivity index (χ3n) is 7.94. The van der Waals surface area contributed by atoms with Crippen molar-refractivity contribution in [3.63, 3.8) is 0 Å². The van der Waals surface area contributed by atoms with Gasteiger partial charge in [0.05, 0.1) is 29.4 Å². The van der Waals surface area contributed by atoms with Gasteiger partial charge in [0, 0.05) is 44.8 Å². The van der Waals surface area contributed by atoms with Crippen LogP contribution in [0.4, 0.5) is 5.13 Å². The number of benzene rings is 3. The number of ether oxygens (including phenoxy) is 2. The first kappa shape index (κ1) is 29.7. The highest BCUT2D eigenvalue weighted by Gasteiger charge is 2.29. The highest BCUT2D eigenvalue weighted by Crippen LogP contribution is 2.35. The van der Waals surface area contributed by atoms with Gasteiger partial charge in [0.25, 0.3) is 5.91 Å². The molecule has 226 valence electrons. The lowest BCUT2D eigenvalue weighted by Gasteiger charge is -2.28. The molecule has 0 saturated carbocycles. The Bertz CT molecular complexity index is 1680. The molecule has 0 N–H and O–H groups in total. The van der Waals surface area contributed by atoms with Gasteiger partial charge in [-0.2, -0.15) is 4.31 Å². The van der Waals surface area contributed by atoms with Gasteiger partial charge < -0.3 is 9.47 Å². The summed E-state index contributed by atoms with van der Waals surface area (Å²) in [7, 11) is -3.71. The minimum absolute atomic E-state index is 0.184. The number of nitrogens with zero attached hydrogens (tertiary/aromatic N) is 4. The van der Waals surface area contributed by atoms with E-state index in [1.165, 1.54) is 21.2 Å². The maximum atomic E-state index is 14.0. The molecule has 0 unspecified atom stereocenters. The molecule has 2 aliphatic heterocycles. The SMILES string of the molecule is CCOc1cccc2sc(N(CCCN3CCOCC3)C(=O)c3ccc(S(=O)(=O)N4CCc5ccccc5C4)cc3)nc12. The van der Waals surface area contributed by atoms with Crippen LogP contribution >= 0.6 is 11.3 Å². The number of morpholine rings is 1. The van der Waals surface area contributed by atoms with Crippen LogP contribution in [-0.4, -0.2) is 81.1 Å². The molecule has 43 heavy (non-hydrogen) atoms. The Morgan fingerprint density at radius 3 is 2.53 bits per heavy atom. The molecule has 1 saturated heterocycles. The van der Waals surface area contributed by atoms with Gasteiger partial charge in [-0.1, -0.05) is 41.7 Å². The number of carbonyl (C=O) groups excluding carboxylic acids is 1. The monoisotopic (exact) mass is 620 g/mol. The Morgan fingerprint density at radius 1 is 1.00 bits per heavy atom. The number of amides is 1. The number of sulfonamides is 1. The fourth-order valence-electron chi connectivity index (χ4n) is 5.61. The van der Waals surface area contributed by atoms with E-state index in [-0.39, 0.29) is 10.8 Å². The number of anilines is 1. The van der Waals surface area contributed by atoms with E-state index >= 15 is 0 Å². The second-order valence-electron chi connectivity index (χ2n) is 10.7. The van der Waals surface area contributed by atoms with Crippen LogP contribution in [0.3, 0.4) is 0 Å². The summed E-state index contributed by atoms with van der Waals surface area (Å²) in [5.74, 6) is 0.480. The van der Waals surface area contributed by atoms with Crippen LogP contribution in [0.2, 0.25) is 0 Å². The van der Waals surface area contributed by atoms with Crippen molar-refractivity contribution in [2.45, 2.75) is 31.2 Å². The van der Waals surface area contributed by atoms with Gasteiger partial charge in [-0.05, 0) is 67.3 Å². The Morgan fingerprint density at radius 2 is 1.77 bits per heavy atom. The van der Waals surface area contributed by atoms with Gasteiger partial charge in [-0.25, -0.2) is 13.4 Å². The van der Waals surface area contributed by atoms with Crippen molar-refractivity contribution < 1.29 is 22.7 Å². The quantitative estimate of drug-likeness (QED) is 0.251. The predicted octanol–water partition coefficient (Wildman–Crippen LogP) is 4.81. The molecule has 3 aromatic carbocycles. The summed E-state index contributed by atoms with van der Waals surface area (Å²) in [5, 5.41) is 0.595. The van der Waals surface area contributed by atoms with E-state index in [0.717, 1.165) is 55.0 Å². The highest BCUT2D eigenvalue weighted by atomic mass is 32.2. The molecule has 0 spiro atoms. The van der Waals surface area contributed by atoms with Crippen LogP contribution in [0, 0.1) is 0 Å². The molecule has 0 radical (unpaired) electrons. The second-order valence-corrected chi connectivity index (χ2v) is 13.6. The average molecular weight is 621 g/mol. The average Bonchev–Trinajstić information content (AvgIpc) is 3.48. The minimum atomic E-state index is -3.71. The van der Waals surface area contributed by atoms with Crippen molar-refractivity contribution in [2.24, 2.45) is 0 Å². The number of carbonyl (C=O) groups is 1. The first-order chi connectivity index (χ1) is 20.9.